The molecule has 0 aliphatic carbocycles. The molecule has 0 aromatic heterocycles. The van der Waals surface area contributed by atoms with Gasteiger partial charge in [0.1, 0.15) is 12.1 Å². The van der Waals surface area contributed by atoms with Gasteiger partial charge in [-0.05, 0) is 35.5 Å². The van der Waals surface area contributed by atoms with Crippen LogP contribution < -0.4 is 10.8 Å². The molecule has 26 heavy (non-hydrogen) atoms. The van der Waals surface area contributed by atoms with Gasteiger partial charge in [-0.25, -0.2) is 4.79 Å². The Bertz CT molecular complexity index is 701. The Labute approximate surface area is 153 Å². The van der Waals surface area contributed by atoms with Gasteiger partial charge in [-0.3, -0.25) is 4.79 Å². The predicted molar refractivity (Wildman–Crippen MR) is 95.0 cm³/mol. The monoisotopic (exact) mass is 361 g/mol. The van der Waals surface area contributed by atoms with Gasteiger partial charge in [0.15, 0.2) is 0 Å². The molecule has 3 rings (SSSR count). The summed E-state index contributed by atoms with van der Waals surface area (Å²) in [6.07, 6.45) is 0.418. The van der Waals surface area contributed by atoms with Gasteiger partial charge in [0, 0.05) is 12.0 Å². The molecule has 7 nitrogen and oxygen atoms in total. The molecule has 2 atom stereocenters. The van der Waals surface area contributed by atoms with Crippen molar-refractivity contribution in [1.29, 1.82) is 0 Å². The fourth-order valence-corrected chi connectivity index (χ4v) is 3.31. The molecule has 2 aliphatic rings. The highest BCUT2D eigenvalue weighted by atomic mass is 16.6. The third kappa shape index (κ3) is 3.77. The summed E-state index contributed by atoms with van der Waals surface area (Å²) in [6, 6.07) is 2.71. The summed E-state index contributed by atoms with van der Waals surface area (Å²) >= 11 is 0. The predicted octanol–water partition coefficient (Wildman–Crippen LogP) is 0.299. The van der Waals surface area contributed by atoms with E-state index in [1.165, 1.54) is 0 Å². The van der Waals surface area contributed by atoms with Crippen LogP contribution in [0.4, 0.5) is 0 Å². The van der Waals surface area contributed by atoms with Crippen LogP contribution in [0.1, 0.15) is 41.8 Å². The molecular formula is C18H24BNO6. The van der Waals surface area contributed by atoms with Crippen molar-refractivity contribution in [1.82, 2.24) is 5.32 Å². The van der Waals surface area contributed by atoms with Crippen LogP contribution in [0.3, 0.4) is 0 Å². The highest BCUT2D eigenvalue weighted by Crippen LogP contribution is 2.17. The van der Waals surface area contributed by atoms with Gasteiger partial charge in [0.05, 0.1) is 19.8 Å². The third-order valence-corrected chi connectivity index (χ3v) is 4.87. The molecule has 0 bridgehead atoms. The number of carbonyl (C=O) groups is 2. The first kappa shape index (κ1) is 18.9. The van der Waals surface area contributed by atoms with Gasteiger partial charge < -0.3 is 24.5 Å². The van der Waals surface area contributed by atoms with E-state index in [-0.39, 0.29) is 17.9 Å². The SMILES string of the molecule is Cc1c(C(=O)N[C@H](C(=O)O[C@@H]2CCOC2)C(C)C)ccc2c1B(O)OC2. The maximum atomic E-state index is 12.8. The number of amides is 1. The van der Waals surface area contributed by atoms with Crippen molar-refractivity contribution in [3.63, 3.8) is 0 Å². The molecule has 1 amide bonds. The molecule has 0 radical (unpaired) electrons. The summed E-state index contributed by atoms with van der Waals surface area (Å²) in [4.78, 5) is 25.2. The summed E-state index contributed by atoms with van der Waals surface area (Å²) in [5, 5.41) is 12.7. The van der Waals surface area contributed by atoms with Gasteiger partial charge in [-0.1, -0.05) is 19.9 Å². The van der Waals surface area contributed by atoms with E-state index in [9.17, 15) is 14.6 Å². The van der Waals surface area contributed by atoms with Gasteiger partial charge in [-0.15, -0.1) is 0 Å². The molecule has 2 heterocycles. The largest absolute Gasteiger partial charge is 0.492 e. The second-order valence-corrected chi connectivity index (χ2v) is 7.09. The Morgan fingerprint density at radius 1 is 1.38 bits per heavy atom. The first-order valence-electron chi connectivity index (χ1n) is 8.89. The van der Waals surface area contributed by atoms with Crippen molar-refractivity contribution in [2.24, 2.45) is 5.92 Å². The van der Waals surface area contributed by atoms with Crippen molar-refractivity contribution >= 4 is 24.5 Å². The highest BCUT2D eigenvalue weighted by Gasteiger charge is 2.33. The van der Waals surface area contributed by atoms with Gasteiger partial charge in [-0.2, -0.15) is 0 Å². The number of hydrogen-bond donors (Lipinski definition) is 2. The molecular weight excluding hydrogens is 337 g/mol. The van der Waals surface area contributed by atoms with Crippen molar-refractivity contribution in [3.8, 4) is 0 Å². The average Bonchev–Trinajstić information content (AvgIpc) is 3.22. The van der Waals surface area contributed by atoms with Crippen LogP contribution in [0.25, 0.3) is 0 Å². The topological polar surface area (TPSA) is 94.1 Å². The Kier molecular flexibility index (Phi) is 5.65. The maximum Gasteiger partial charge on any atom is 0.492 e. The van der Waals surface area contributed by atoms with E-state index in [2.05, 4.69) is 5.32 Å². The van der Waals surface area contributed by atoms with E-state index in [1.54, 1.807) is 19.1 Å². The van der Waals surface area contributed by atoms with Crippen molar-refractivity contribution in [2.45, 2.75) is 45.9 Å². The number of hydrogen-bond acceptors (Lipinski definition) is 6. The van der Waals surface area contributed by atoms with Crippen molar-refractivity contribution in [3.05, 3.63) is 28.8 Å². The minimum Gasteiger partial charge on any atom is -0.458 e. The van der Waals surface area contributed by atoms with E-state index < -0.39 is 19.1 Å². The van der Waals surface area contributed by atoms with Crippen LogP contribution in [-0.4, -0.2) is 49.4 Å². The van der Waals surface area contributed by atoms with E-state index in [4.69, 9.17) is 14.1 Å². The molecule has 1 aromatic carbocycles. The smallest absolute Gasteiger partial charge is 0.458 e. The average molecular weight is 361 g/mol. The Balaban J connectivity index is 1.74. The first-order valence-corrected chi connectivity index (χ1v) is 8.89. The van der Waals surface area contributed by atoms with E-state index in [1.807, 2.05) is 13.8 Å². The number of benzene rings is 1. The normalized spacial score (nSPS) is 20.2. The Hall–Kier alpha value is -1.90. The fourth-order valence-electron chi connectivity index (χ4n) is 3.31. The third-order valence-electron chi connectivity index (χ3n) is 4.87. The maximum absolute atomic E-state index is 12.8. The van der Waals surface area contributed by atoms with E-state index in [0.29, 0.717) is 42.8 Å². The molecule has 1 aromatic rings. The molecule has 0 saturated carbocycles. The first-order chi connectivity index (χ1) is 12.4. The minimum atomic E-state index is -1.02. The van der Waals surface area contributed by atoms with Crippen LogP contribution in [0.2, 0.25) is 0 Å². The van der Waals surface area contributed by atoms with E-state index in [0.717, 1.165) is 5.56 Å². The lowest BCUT2D eigenvalue weighted by molar-refractivity contribution is -0.152. The number of fused-ring (bicyclic) bond motifs is 1. The van der Waals surface area contributed by atoms with Gasteiger partial charge >= 0.3 is 13.1 Å². The summed E-state index contributed by atoms with van der Waals surface area (Å²) in [5.74, 6) is -0.953. The quantitative estimate of drug-likeness (QED) is 0.579. The molecule has 1 saturated heterocycles. The second-order valence-electron chi connectivity index (χ2n) is 7.09. The lowest BCUT2D eigenvalue weighted by Crippen LogP contribution is -2.47. The van der Waals surface area contributed by atoms with Crippen LogP contribution >= 0.6 is 0 Å². The summed E-state index contributed by atoms with van der Waals surface area (Å²) in [5.41, 5.74) is 2.57. The number of rotatable bonds is 5. The number of esters is 1. The number of carbonyl (C=O) groups excluding carboxylic acids is 2. The lowest BCUT2D eigenvalue weighted by atomic mass is 9.75. The summed E-state index contributed by atoms with van der Waals surface area (Å²) < 4.78 is 15.9. The summed E-state index contributed by atoms with van der Waals surface area (Å²) in [6.45, 7) is 6.77. The highest BCUT2D eigenvalue weighted by molar-refractivity contribution is 6.62. The minimum absolute atomic E-state index is 0.127. The van der Waals surface area contributed by atoms with Gasteiger partial charge in [0.25, 0.3) is 5.91 Å². The molecule has 0 spiro atoms. The fraction of sp³-hybridized carbons (Fsp3) is 0.556. The lowest BCUT2D eigenvalue weighted by Gasteiger charge is -2.23. The molecule has 2 N–H and O–H groups in total. The van der Waals surface area contributed by atoms with Crippen LogP contribution in [0, 0.1) is 12.8 Å². The van der Waals surface area contributed by atoms with Crippen LogP contribution in [0.5, 0.6) is 0 Å². The van der Waals surface area contributed by atoms with Gasteiger partial charge in [0.2, 0.25) is 0 Å². The molecule has 8 heteroatoms. The zero-order valence-corrected chi connectivity index (χ0v) is 15.3. The van der Waals surface area contributed by atoms with Crippen molar-refractivity contribution in [2.75, 3.05) is 13.2 Å². The molecule has 140 valence electrons. The zero-order valence-electron chi connectivity index (χ0n) is 15.3. The number of nitrogens with one attached hydrogen (secondary N) is 1. The number of ether oxygens (including phenoxy) is 2. The molecule has 1 fully saturated rings. The van der Waals surface area contributed by atoms with Crippen molar-refractivity contribution < 1.29 is 28.7 Å². The Morgan fingerprint density at radius 3 is 2.81 bits per heavy atom. The molecule has 0 unspecified atom stereocenters. The Morgan fingerprint density at radius 2 is 2.15 bits per heavy atom. The van der Waals surface area contributed by atoms with Crippen LogP contribution in [-0.2, 0) is 25.5 Å². The van der Waals surface area contributed by atoms with Crippen LogP contribution in [0.15, 0.2) is 12.1 Å². The summed E-state index contributed by atoms with van der Waals surface area (Å²) in [7, 11) is -1.02. The standard InChI is InChI=1S/C18H24BNO6/c1-10(2)16(18(22)26-13-6-7-24-9-13)20-17(21)14-5-4-12-8-25-19(23)15(12)11(14)3/h4-5,10,13,16,23H,6-9H2,1-3H3,(H,20,21)/t13-,16+/m1/s1. The van der Waals surface area contributed by atoms with E-state index >= 15 is 0 Å². The zero-order chi connectivity index (χ0) is 18.8. The second kappa shape index (κ2) is 7.78. The molecule has 2 aliphatic heterocycles.